The van der Waals surface area contributed by atoms with Crippen LogP contribution in [0, 0.1) is 0 Å². The first kappa shape index (κ1) is 15.5. The van der Waals surface area contributed by atoms with Crippen LogP contribution in [0.2, 0.25) is 19.6 Å². The molecule has 0 fully saturated rings. The molecule has 0 bridgehead atoms. The second-order valence-corrected chi connectivity index (χ2v) is 23.2. The van der Waals surface area contributed by atoms with E-state index in [1.165, 1.54) is 18.2 Å². The van der Waals surface area contributed by atoms with E-state index in [9.17, 15) is 16.6 Å². The molecule has 0 saturated heterocycles. The molecule has 0 aliphatic carbocycles. The van der Waals surface area contributed by atoms with Crippen LogP contribution in [0.3, 0.4) is 0 Å². The third-order valence-corrected chi connectivity index (χ3v) is 16.1. The van der Waals surface area contributed by atoms with E-state index in [4.69, 9.17) is 0 Å². The summed E-state index contributed by atoms with van der Waals surface area (Å²) in [6, 6.07) is 5.72. The van der Waals surface area contributed by atoms with Crippen molar-refractivity contribution < 1.29 is 34.2 Å². The summed E-state index contributed by atoms with van der Waals surface area (Å²) in [5.41, 5.74) is -0.725. The topological polar surface area (TPSA) is 21.3 Å². The van der Waals surface area contributed by atoms with Crippen LogP contribution in [0.15, 0.2) is 30.3 Å². The van der Waals surface area contributed by atoms with Gasteiger partial charge in [0.05, 0.1) is 0 Å². The van der Waals surface area contributed by atoms with Gasteiger partial charge in [-0.3, -0.25) is 0 Å². The number of benzene rings is 1. The standard InChI is InChI=1S/C6H6N.C3H9OSi.5FH.Zn/c7-6-4-2-1-3-5-6;1-5(2,3)4;;;;;;/h1-5,7H;1-3H3;5*1H;/q2*-1;;;;;;+7/p-5. The summed E-state index contributed by atoms with van der Waals surface area (Å²) in [4.78, 5) is 0. The molecule has 0 spiro atoms. The molecule has 0 aliphatic heterocycles. The molecular formula is C9H15F5NOSiZn. The van der Waals surface area contributed by atoms with Crippen molar-refractivity contribution in [3.63, 3.8) is 0 Å². The van der Waals surface area contributed by atoms with Crippen molar-refractivity contribution in [3.8, 4) is 0 Å². The van der Waals surface area contributed by atoms with Gasteiger partial charge in [0.25, 0.3) is 0 Å². The SMILES string of the molecule is C[Si](C)(C)[O][Zn]([F])([F])([F])([F])([F])[NH]c1ccccc1. The van der Waals surface area contributed by atoms with E-state index in [0.717, 1.165) is 31.8 Å². The van der Waals surface area contributed by atoms with Gasteiger partial charge >= 0.3 is 102 Å². The number of hydrogen-bond donors (Lipinski definition) is 1. The predicted octanol–water partition coefficient (Wildman–Crippen LogP) is 4.96. The van der Waals surface area contributed by atoms with Gasteiger partial charge in [-0.2, -0.15) is 0 Å². The van der Waals surface area contributed by atoms with Gasteiger partial charge in [0.1, 0.15) is 0 Å². The van der Waals surface area contributed by atoms with Crippen molar-refractivity contribution >= 4 is 14.0 Å². The summed E-state index contributed by atoms with van der Waals surface area (Å²) < 4.78 is 71.8. The molecule has 0 heterocycles. The van der Waals surface area contributed by atoms with E-state index in [1.54, 1.807) is 0 Å². The zero-order valence-electron chi connectivity index (χ0n) is 10.4. The van der Waals surface area contributed by atoms with Gasteiger partial charge in [-0.15, -0.1) is 0 Å². The first-order valence-corrected chi connectivity index (χ1v) is 17.6. The minimum atomic E-state index is -11.9. The fraction of sp³-hybridized carbons (Fsp3) is 0.333. The monoisotopic (exact) mass is 340 g/mol. The Labute approximate surface area is 102 Å². The Hall–Kier alpha value is -0.530. The van der Waals surface area contributed by atoms with Crippen LogP contribution in [-0.4, -0.2) is 8.32 Å². The van der Waals surface area contributed by atoms with Gasteiger partial charge in [-0.1, -0.05) is 0 Å². The second kappa shape index (κ2) is 2.96. The molecule has 1 rings (SSSR count). The summed E-state index contributed by atoms with van der Waals surface area (Å²) in [5, 5.41) is 0. The summed E-state index contributed by atoms with van der Waals surface area (Å²) in [6.45, 7) is 3.18. The van der Waals surface area contributed by atoms with E-state index in [-0.39, 0.29) is 0 Å². The van der Waals surface area contributed by atoms with Gasteiger partial charge < -0.3 is 0 Å². The van der Waals surface area contributed by atoms with Crippen molar-refractivity contribution in [2.45, 2.75) is 19.6 Å². The molecule has 9 heteroatoms. The van der Waals surface area contributed by atoms with Crippen LogP contribution in [0.1, 0.15) is 0 Å². The average Bonchev–Trinajstić information content (AvgIpc) is 1.95. The fourth-order valence-corrected chi connectivity index (χ4v) is 20.2. The second-order valence-electron chi connectivity index (χ2n) is 6.17. The third kappa shape index (κ3) is 5.41. The first-order valence-electron chi connectivity index (χ1n) is 5.84. The molecule has 0 atom stereocenters. The molecular weight excluding hydrogens is 327 g/mol. The molecule has 1 aromatic rings. The Kier molecular flexibility index (Phi) is 2.56. The Balaban J connectivity index is 3.28. The number of halogens is 5. The summed E-state index contributed by atoms with van der Waals surface area (Å²) in [5.74, 6) is 0. The summed E-state index contributed by atoms with van der Waals surface area (Å²) in [7, 11) is -3.51. The Morgan fingerprint density at radius 2 is 1.39 bits per heavy atom. The maximum atomic E-state index is 13.6. The first-order chi connectivity index (χ1) is 7.50. The zero-order valence-corrected chi connectivity index (χ0v) is 14.4. The van der Waals surface area contributed by atoms with Crippen LogP contribution in [-0.2, 0) is 17.6 Å². The van der Waals surface area contributed by atoms with Gasteiger partial charge in [-0.05, 0) is 0 Å². The van der Waals surface area contributed by atoms with Crippen molar-refractivity contribution in [3.05, 3.63) is 30.3 Å². The molecule has 18 heavy (non-hydrogen) atoms. The van der Waals surface area contributed by atoms with E-state index >= 15 is 0 Å². The molecule has 0 unspecified atom stereocenters. The number of anilines is 1. The van der Waals surface area contributed by atoms with Gasteiger partial charge in [0.2, 0.25) is 0 Å². The molecule has 103 valence electrons. The van der Waals surface area contributed by atoms with E-state index in [2.05, 4.69) is 3.25 Å². The average molecular weight is 342 g/mol. The minimum absolute atomic E-state index is 0.480. The third-order valence-electron chi connectivity index (χ3n) is 2.16. The van der Waals surface area contributed by atoms with Gasteiger partial charge in [0, 0.05) is 0 Å². The number of hydrogen-bond acceptors (Lipinski definition) is 2. The summed E-state index contributed by atoms with van der Waals surface area (Å²) >= 11 is -11.9. The Bertz CT molecular complexity index is 473. The van der Waals surface area contributed by atoms with E-state index in [0.29, 0.717) is 4.06 Å². The Morgan fingerprint density at radius 1 is 0.944 bits per heavy atom. The molecule has 0 aliphatic rings. The zero-order chi connectivity index (χ0) is 14.4. The molecule has 0 saturated carbocycles. The molecule has 1 N–H and O–H groups in total. The van der Waals surface area contributed by atoms with Crippen LogP contribution in [0.25, 0.3) is 0 Å². The van der Waals surface area contributed by atoms with Crippen LogP contribution in [0.4, 0.5) is 22.3 Å². The van der Waals surface area contributed by atoms with E-state index in [1.807, 2.05) is 0 Å². The number of rotatable bonds is 4. The fourth-order valence-electron chi connectivity index (χ4n) is 2.10. The normalized spacial score (nSPS) is 19.2. The molecule has 1 aromatic carbocycles. The van der Waals surface area contributed by atoms with Crippen LogP contribution >= 0.6 is 0 Å². The number of nitrogens with one attached hydrogen (secondary N) is 1. The van der Waals surface area contributed by atoms with E-state index < -0.39 is 28.3 Å². The van der Waals surface area contributed by atoms with Crippen molar-refractivity contribution in [1.82, 2.24) is 0 Å². The molecule has 0 amide bonds. The van der Waals surface area contributed by atoms with Gasteiger partial charge in [-0.25, -0.2) is 0 Å². The van der Waals surface area contributed by atoms with Crippen LogP contribution in [0.5, 0.6) is 0 Å². The maximum absolute atomic E-state index is 13.6. The van der Waals surface area contributed by atoms with Crippen LogP contribution < -0.4 is 4.06 Å². The van der Waals surface area contributed by atoms with Crippen molar-refractivity contribution in [2.24, 2.45) is 0 Å². The van der Waals surface area contributed by atoms with Crippen molar-refractivity contribution in [2.75, 3.05) is 4.06 Å². The molecule has 0 aromatic heterocycles. The predicted molar refractivity (Wildman–Crippen MR) is 60.0 cm³/mol. The summed E-state index contributed by atoms with van der Waals surface area (Å²) in [6.07, 6.45) is 0. The van der Waals surface area contributed by atoms with Gasteiger partial charge in [0.15, 0.2) is 0 Å². The molecule has 2 nitrogen and oxygen atoms in total. The number of para-hydroxylation sites is 1. The van der Waals surface area contributed by atoms with Crippen molar-refractivity contribution in [1.29, 1.82) is 0 Å². The quantitative estimate of drug-likeness (QED) is 0.617. The molecule has 0 radical (unpaired) electrons. The Morgan fingerprint density at radius 3 is 1.78 bits per heavy atom.